The lowest BCUT2D eigenvalue weighted by atomic mass is 10.2. The highest BCUT2D eigenvalue weighted by atomic mass is 35.5. The van der Waals surface area contributed by atoms with E-state index in [0.717, 1.165) is 0 Å². The Bertz CT molecular complexity index is 695. The third-order valence-corrected chi connectivity index (χ3v) is 3.39. The van der Waals surface area contributed by atoms with Crippen LogP contribution in [0.2, 0.25) is 10.0 Å². The molecule has 6 heteroatoms. The Morgan fingerprint density at radius 1 is 1.26 bits per heavy atom. The van der Waals surface area contributed by atoms with Gasteiger partial charge in [0, 0.05) is 24.9 Å². The van der Waals surface area contributed by atoms with Crippen LogP contribution < -0.4 is 10.9 Å². The number of halogens is 2. The van der Waals surface area contributed by atoms with E-state index in [1.54, 1.807) is 31.3 Å². The van der Waals surface area contributed by atoms with Gasteiger partial charge in [0.2, 0.25) is 0 Å². The molecule has 1 aromatic carbocycles. The van der Waals surface area contributed by atoms with Crippen molar-refractivity contribution in [3.8, 4) is 0 Å². The minimum absolute atomic E-state index is 0.259. The van der Waals surface area contributed by atoms with Crippen molar-refractivity contribution in [2.24, 2.45) is 7.05 Å². The Kier molecular flexibility index (Phi) is 3.93. The number of amides is 1. The first-order valence-corrected chi connectivity index (χ1v) is 6.16. The van der Waals surface area contributed by atoms with Crippen LogP contribution >= 0.6 is 23.2 Å². The lowest BCUT2D eigenvalue weighted by Crippen LogP contribution is -2.20. The predicted octanol–water partition coefficient (Wildman–Crippen LogP) is 2.94. The zero-order chi connectivity index (χ0) is 14.0. The minimum atomic E-state index is -0.415. The number of rotatable bonds is 2. The van der Waals surface area contributed by atoms with E-state index in [2.05, 4.69) is 5.32 Å². The number of carbonyl (C=O) groups excluding carboxylic acids is 1. The van der Waals surface area contributed by atoms with Gasteiger partial charge in [-0.25, -0.2) is 0 Å². The molecule has 1 aromatic heterocycles. The largest absolute Gasteiger partial charge is 0.321 e. The van der Waals surface area contributed by atoms with E-state index < -0.39 is 5.91 Å². The van der Waals surface area contributed by atoms with Crippen molar-refractivity contribution in [1.82, 2.24) is 4.57 Å². The molecular weight excluding hydrogens is 287 g/mol. The van der Waals surface area contributed by atoms with Crippen LogP contribution in [0.5, 0.6) is 0 Å². The molecule has 2 rings (SSSR count). The molecule has 0 radical (unpaired) electrons. The maximum absolute atomic E-state index is 12.0. The lowest BCUT2D eigenvalue weighted by Gasteiger charge is -2.08. The summed E-state index contributed by atoms with van der Waals surface area (Å²) in [4.78, 5) is 23.4. The van der Waals surface area contributed by atoms with Crippen LogP contribution in [0.1, 0.15) is 10.4 Å². The number of nitrogens with zero attached hydrogens (tertiary/aromatic N) is 1. The summed E-state index contributed by atoms with van der Waals surface area (Å²) in [5.74, 6) is -0.415. The molecule has 19 heavy (non-hydrogen) atoms. The first-order chi connectivity index (χ1) is 8.99. The standard InChI is InChI=1S/C13H10Cl2N2O2/c1-17-6-5-8(7-11(17)18)13(19)16-10-4-2-3-9(14)12(10)15/h2-7H,1H3,(H,16,19). The molecule has 0 atom stereocenters. The molecule has 0 fully saturated rings. The summed E-state index contributed by atoms with van der Waals surface area (Å²) >= 11 is 11.8. The van der Waals surface area contributed by atoms with Gasteiger partial charge in [0.15, 0.2) is 0 Å². The van der Waals surface area contributed by atoms with Crippen molar-refractivity contribution in [2.45, 2.75) is 0 Å². The summed E-state index contributed by atoms with van der Waals surface area (Å²) in [7, 11) is 1.61. The van der Waals surface area contributed by atoms with Gasteiger partial charge in [-0.3, -0.25) is 9.59 Å². The van der Waals surface area contributed by atoms with E-state index in [9.17, 15) is 9.59 Å². The van der Waals surface area contributed by atoms with Crippen molar-refractivity contribution in [3.05, 3.63) is 62.5 Å². The number of aromatic nitrogens is 1. The second-order valence-corrected chi connectivity index (χ2v) is 4.71. The zero-order valence-electron chi connectivity index (χ0n) is 9.98. The van der Waals surface area contributed by atoms with Crippen molar-refractivity contribution in [2.75, 3.05) is 5.32 Å². The smallest absolute Gasteiger partial charge is 0.255 e. The van der Waals surface area contributed by atoms with Gasteiger partial charge >= 0.3 is 0 Å². The quantitative estimate of drug-likeness (QED) is 0.926. The summed E-state index contributed by atoms with van der Waals surface area (Å²) < 4.78 is 1.38. The van der Waals surface area contributed by atoms with Crippen LogP contribution in [-0.2, 0) is 7.05 Å². The molecule has 1 N–H and O–H groups in total. The van der Waals surface area contributed by atoms with Gasteiger partial charge in [-0.05, 0) is 18.2 Å². The monoisotopic (exact) mass is 296 g/mol. The van der Waals surface area contributed by atoms with Gasteiger partial charge < -0.3 is 9.88 Å². The third kappa shape index (κ3) is 2.97. The fourth-order valence-corrected chi connectivity index (χ4v) is 1.83. The van der Waals surface area contributed by atoms with Gasteiger partial charge in [-0.15, -0.1) is 0 Å². The summed E-state index contributed by atoms with van der Waals surface area (Å²) in [6.45, 7) is 0. The topological polar surface area (TPSA) is 51.1 Å². The molecule has 0 aliphatic heterocycles. The third-order valence-electron chi connectivity index (χ3n) is 2.57. The molecule has 4 nitrogen and oxygen atoms in total. The first kappa shape index (κ1) is 13.6. The Morgan fingerprint density at radius 2 is 2.00 bits per heavy atom. The van der Waals surface area contributed by atoms with E-state index in [1.807, 2.05) is 0 Å². The number of anilines is 1. The molecule has 0 aliphatic rings. The number of hydrogen-bond acceptors (Lipinski definition) is 2. The highest BCUT2D eigenvalue weighted by Crippen LogP contribution is 2.29. The Hall–Kier alpha value is -1.78. The summed E-state index contributed by atoms with van der Waals surface area (Å²) in [5, 5.41) is 3.23. The van der Waals surface area contributed by atoms with E-state index in [0.29, 0.717) is 10.7 Å². The van der Waals surface area contributed by atoms with Gasteiger partial charge in [0.1, 0.15) is 0 Å². The molecule has 1 heterocycles. The number of hydrogen-bond donors (Lipinski definition) is 1. The number of pyridine rings is 1. The van der Waals surface area contributed by atoms with Crippen molar-refractivity contribution in [1.29, 1.82) is 0 Å². The Balaban J connectivity index is 2.28. The first-order valence-electron chi connectivity index (χ1n) is 5.41. The summed E-state index contributed by atoms with van der Waals surface area (Å²) in [5.41, 5.74) is 0.406. The van der Waals surface area contributed by atoms with Crippen LogP contribution in [0.25, 0.3) is 0 Å². The van der Waals surface area contributed by atoms with Gasteiger partial charge in [-0.2, -0.15) is 0 Å². The summed E-state index contributed by atoms with van der Waals surface area (Å²) in [6, 6.07) is 7.74. The molecule has 0 spiro atoms. The van der Waals surface area contributed by atoms with Crippen LogP contribution in [0.15, 0.2) is 41.3 Å². The molecule has 0 saturated carbocycles. The van der Waals surface area contributed by atoms with Crippen LogP contribution in [0.3, 0.4) is 0 Å². The second kappa shape index (κ2) is 5.47. The SMILES string of the molecule is Cn1ccc(C(=O)Nc2cccc(Cl)c2Cl)cc1=O. The molecule has 2 aromatic rings. The fourth-order valence-electron chi connectivity index (χ4n) is 1.48. The Labute approximate surface area is 119 Å². The van der Waals surface area contributed by atoms with E-state index >= 15 is 0 Å². The average molecular weight is 297 g/mol. The van der Waals surface area contributed by atoms with Crippen LogP contribution in [-0.4, -0.2) is 10.5 Å². The van der Waals surface area contributed by atoms with Crippen LogP contribution in [0.4, 0.5) is 5.69 Å². The van der Waals surface area contributed by atoms with E-state index in [4.69, 9.17) is 23.2 Å². The van der Waals surface area contributed by atoms with Crippen molar-refractivity contribution in [3.63, 3.8) is 0 Å². The van der Waals surface area contributed by atoms with Gasteiger partial charge in [-0.1, -0.05) is 29.3 Å². The average Bonchev–Trinajstić information content (AvgIpc) is 2.38. The normalized spacial score (nSPS) is 10.3. The van der Waals surface area contributed by atoms with Crippen molar-refractivity contribution >= 4 is 34.8 Å². The number of benzene rings is 1. The minimum Gasteiger partial charge on any atom is -0.321 e. The maximum atomic E-state index is 12.0. The molecule has 98 valence electrons. The van der Waals surface area contributed by atoms with Gasteiger partial charge in [0.25, 0.3) is 11.5 Å². The van der Waals surface area contributed by atoms with E-state index in [1.165, 1.54) is 16.8 Å². The molecule has 1 amide bonds. The van der Waals surface area contributed by atoms with E-state index in [-0.39, 0.29) is 16.1 Å². The Morgan fingerprint density at radius 3 is 2.68 bits per heavy atom. The highest BCUT2D eigenvalue weighted by Gasteiger charge is 2.10. The molecule has 0 bridgehead atoms. The second-order valence-electron chi connectivity index (χ2n) is 3.92. The van der Waals surface area contributed by atoms with Gasteiger partial charge in [0.05, 0.1) is 15.7 Å². The highest BCUT2D eigenvalue weighted by molar-refractivity contribution is 6.44. The molecule has 0 unspecified atom stereocenters. The lowest BCUT2D eigenvalue weighted by molar-refractivity contribution is 0.102. The predicted molar refractivity (Wildman–Crippen MR) is 76.1 cm³/mol. The van der Waals surface area contributed by atoms with Crippen molar-refractivity contribution < 1.29 is 4.79 Å². The summed E-state index contributed by atoms with van der Waals surface area (Å²) in [6.07, 6.45) is 1.52. The fraction of sp³-hybridized carbons (Fsp3) is 0.0769. The number of aryl methyl sites for hydroxylation is 1. The van der Waals surface area contributed by atoms with Crippen LogP contribution in [0, 0.1) is 0 Å². The zero-order valence-corrected chi connectivity index (χ0v) is 11.5. The molecule has 0 saturated heterocycles. The number of carbonyl (C=O) groups is 1. The number of nitrogens with one attached hydrogen (secondary N) is 1. The molecule has 0 aliphatic carbocycles. The molecular formula is C13H10Cl2N2O2. The maximum Gasteiger partial charge on any atom is 0.255 e.